The molecule has 0 saturated carbocycles. The van der Waals surface area contributed by atoms with Gasteiger partial charge in [-0.05, 0) is 18.1 Å². The second-order valence-electron chi connectivity index (χ2n) is 3.07. The van der Waals surface area contributed by atoms with Gasteiger partial charge in [0.25, 0.3) is 0 Å². The quantitative estimate of drug-likeness (QED) is 0.891. The summed E-state index contributed by atoms with van der Waals surface area (Å²) in [5.74, 6) is 0. The van der Waals surface area contributed by atoms with Gasteiger partial charge in [0, 0.05) is 11.4 Å². The molecule has 78 valence electrons. The first-order chi connectivity index (χ1) is 7.31. The van der Waals surface area contributed by atoms with E-state index < -0.39 is 0 Å². The van der Waals surface area contributed by atoms with Crippen molar-refractivity contribution >= 4 is 23.1 Å². The van der Waals surface area contributed by atoms with Crippen LogP contribution < -0.4 is 5.73 Å². The fourth-order valence-corrected chi connectivity index (χ4v) is 2.94. The lowest BCUT2D eigenvalue weighted by Gasteiger charge is -2.08. The lowest BCUT2D eigenvalue weighted by Crippen LogP contribution is -1.99. The van der Waals surface area contributed by atoms with Crippen LogP contribution in [-0.2, 0) is 6.54 Å². The van der Waals surface area contributed by atoms with Gasteiger partial charge in [0.05, 0.1) is 0 Å². The van der Waals surface area contributed by atoms with Gasteiger partial charge < -0.3 is 5.73 Å². The summed E-state index contributed by atoms with van der Waals surface area (Å²) in [7, 11) is 0. The van der Waals surface area contributed by atoms with Gasteiger partial charge in [-0.25, -0.2) is 0 Å². The minimum absolute atomic E-state index is 0.558. The zero-order valence-corrected chi connectivity index (χ0v) is 9.94. The zero-order valence-electron chi connectivity index (χ0n) is 8.30. The first kappa shape index (κ1) is 10.6. The van der Waals surface area contributed by atoms with Crippen LogP contribution in [0.25, 0.3) is 0 Å². The van der Waals surface area contributed by atoms with E-state index in [1.54, 1.807) is 28.6 Å². The highest BCUT2D eigenvalue weighted by Gasteiger charge is 2.08. The molecule has 2 rings (SSSR count). The second kappa shape index (κ2) is 4.74. The molecule has 2 aromatic rings. The normalized spacial score (nSPS) is 10.5. The molecule has 1 aromatic heterocycles. The van der Waals surface area contributed by atoms with E-state index in [-0.39, 0.29) is 0 Å². The van der Waals surface area contributed by atoms with Crippen LogP contribution in [0.1, 0.15) is 11.1 Å². The van der Waals surface area contributed by atoms with Crippen molar-refractivity contribution in [3.05, 3.63) is 34.8 Å². The van der Waals surface area contributed by atoms with Gasteiger partial charge in [-0.3, -0.25) is 0 Å². The summed E-state index contributed by atoms with van der Waals surface area (Å²) in [4.78, 5) is 1.21. The topological polar surface area (TPSA) is 51.8 Å². The van der Waals surface area contributed by atoms with E-state index in [0.29, 0.717) is 6.54 Å². The Morgan fingerprint density at radius 1 is 1.47 bits per heavy atom. The maximum Gasteiger partial charge on any atom is 0.178 e. The average Bonchev–Trinajstić information content (AvgIpc) is 2.74. The predicted molar refractivity (Wildman–Crippen MR) is 63.1 cm³/mol. The highest BCUT2D eigenvalue weighted by molar-refractivity contribution is 8.01. The van der Waals surface area contributed by atoms with Gasteiger partial charge in [-0.2, -0.15) is 0 Å². The maximum atomic E-state index is 5.70. The Kier molecular flexibility index (Phi) is 3.35. The third-order valence-corrected chi connectivity index (χ3v) is 4.11. The van der Waals surface area contributed by atoms with Crippen LogP contribution in [0.3, 0.4) is 0 Å². The molecule has 0 unspecified atom stereocenters. The van der Waals surface area contributed by atoms with E-state index in [9.17, 15) is 0 Å². The lowest BCUT2D eigenvalue weighted by molar-refractivity contribution is 0.994. The number of aryl methyl sites for hydroxylation is 1. The highest BCUT2D eigenvalue weighted by atomic mass is 32.2. The van der Waals surface area contributed by atoms with Crippen molar-refractivity contribution in [3.8, 4) is 0 Å². The molecule has 0 amide bonds. The smallest absolute Gasteiger partial charge is 0.178 e. The van der Waals surface area contributed by atoms with Crippen LogP contribution in [0.5, 0.6) is 0 Å². The van der Waals surface area contributed by atoms with Gasteiger partial charge in [-0.1, -0.05) is 41.3 Å². The maximum absolute atomic E-state index is 5.70. The Morgan fingerprint density at radius 2 is 2.33 bits per heavy atom. The number of hydrogen-bond donors (Lipinski definition) is 1. The van der Waals surface area contributed by atoms with Crippen molar-refractivity contribution in [2.45, 2.75) is 22.7 Å². The minimum atomic E-state index is 0.558. The summed E-state index contributed by atoms with van der Waals surface area (Å²) in [5.41, 5.74) is 9.84. The van der Waals surface area contributed by atoms with Gasteiger partial charge in [0.2, 0.25) is 0 Å². The van der Waals surface area contributed by atoms with Crippen LogP contribution in [0.4, 0.5) is 0 Å². The summed E-state index contributed by atoms with van der Waals surface area (Å²) in [6, 6.07) is 6.17. The molecule has 2 N–H and O–H groups in total. The third kappa shape index (κ3) is 2.37. The molecule has 0 fully saturated rings. The Hall–Kier alpha value is -0.910. The Balaban J connectivity index is 2.34. The molecule has 15 heavy (non-hydrogen) atoms. The molecule has 0 aliphatic carbocycles. The summed E-state index contributed by atoms with van der Waals surface area (Å²) < 4.78 is 0.957. The van der Waals surface area contributed by atoms with Crippen molar-refractivity contribution in [2.75, 3.05) is 0 Å². The molecule has 5 heteroatoms. The lowest BCUT2D eigenvalue weighted by atomic mass is 10.1. The number of hydrogen-bond acceptors (Lipinski definition) is 5. The van der Waals surface area contributed by atoms with E-state index in [0.717, 1.165) is 9.90 Å². The van der Waals surface area contributed by atoms with Gasteiger partial charge in [-0.15, -0.1) is 10.2 Å². The van der Waals surface area contributed by atoms with E-state index in [4.69, 9.17) is 5.73 Å². The number of nitrogens with zero attached hydrogens (tertiary/aromatic N) is 2. The molecule has 3 nitrogen and oxygen atoms in total. The molecule has 0 radical (unpaired) electrons. The van der Waals surface area contributed by atoms with Gasteiger partial charge in [0.1, 0.15) is 5.51 Å². The molecular formula is C10H11N3S2. The monoisotopic (exact) mass is 237 g/mol. The molecular weight excluding hydrogens is 226 g/mol. The average molecular weight is 237 g/mol. The molecule has 0 aliphatic heterocycles. The van der Waals surface area contributed by atoms with Crippen molar-refractivity contribution in [1.82, 2.24) is 10.2 Å². The number of benzene rings is 1. The van der Waals surface area contributed by atoms with E-state index in [2.05, 4.69) is 29.3 Å². The zero-order chi connectivity index (χ0) is 10.7. The second-order valence-corrected chi connectivity index (χ2v) is 5.16. The molecule has 0 spiro atoms. The van der Waals surface area contributed by atoms with Crippen molar-refractivity contribution in [2.24, 2.45) is 5.73 Å². The van der Waals surface area contributed by atoms with Gasteiger partial charge >= 0.3 is 0 Å². The first-order valence-electron chi connectivity index (χ1n) is 4.54. The fourth-order valence-electron chi connectivity index (χ4n) is 1.31. The Bertz CT molecular complexity index is 440. The summed E-state index contributed by atoms with van der Waals surface area (Å²) in [5, 5.41) is 7.84. The van der Waals surface area contributed by atoms with Crippen LogP contribution >= 0.6 is 23.1 Å². The molecule has 1 aromatic carbocycles. The Morgan fingerprint density at radius 3 is 3.00 bits per heavy atom. The first-order valence-corrected chi connectivity index (χ1v) is 6.23. The third-order valence-electron chi connectivity index (χ3n) is 2.04. The van der Waals surface area contributed by atoms with Crippen LogP contribution in [-0.4, -0.2) is 10.2 Å². The highest BCUT2D eigenvalue weighted by Crippen LogP contribution is 2.33. The minimum Gasteiger partial charge on any atom is -0.326 e. The molecule has 0 bridgehead atoms. The largest absolute Gasteiger partial charge is 0.326 e. The van der Waals surface area contributed by atoms with Crippen molar-refractivity contribution in [1.29, 1.82) is 0 Å². The summed E-state index contributed by atoms with van der Waals surface area (Å²) >= 11 is 3.18. The molecule has 0 aliphatic rings. The molecule has 0 saturated heterocycles. The van der Waals surface area contributed by atoms with E-state index in [1.807, 2.05) is 6.07 Å². The number of aromatic nitrogens is 2. The summed E-state index contributed by atoms with van der Waals surface area (Å²) in [6.07, 6.45) is 0. The standard InChI is InChI=1S/C10H11N3S2/c1-7-3-2-4-8(5-11)9(7)15-10-13-12-6-14-10/h2-4,6H,5,11H2,1H3. The number of nitrogens with two attached hydrogens (primary N) is 1. The fraction of sp³-hybridized carbons (Fsp3) is 0.200. The van der Waals surface area contributed by atoms with Crippen LogP contribution in [0, 0.1) is 6.92 Å². The molecule has 1 heterocycles. The van der Waals surface area contributed by atoms with Crippen LogP contribution in [0.2, 0.25) is 0 Å². The van der Waals surface area contributed by atoms with E-state index in [1.165, 1.54) is 10.5 Å². The van der Waals surface area contributed by atoms with Crippen LogP contribution in [0.15, 0.2) is 32.9 Å². The summed E-state index contributed by atoms with van der Waals surface area (Å²) in [6.45, 7) is 2.64. The SMILES string of the molecule is Cc1cccc(CN)c1Sc1nncs1. The Labute approximate surface area is 96.7 Å². The van der Waals surface area contributed by atoms with Gasteiger partial charge in [0.15, 0.2) is 4.34 Å². The van der Waals surface area contributed by atoms with Crippen molar-refractivity contribution < 1.29 is 0 Å². The predicted octanol–water partition coefficient (Wildman–Crippen LogP) is 2.46. The van der Waals surface area contributed by atoms with E-state index >= 15 is 0 Å². The van der Waals surface area contributed by atoms with Crippen molar-refractivity contribution in [3.63, 3.8) is 0 Å². The number of rotatable bonds is 3. The molecule has 0 atom stereocenters.